The van der Waals surface area contributed by atoms with E-state index in [2.05, 4.69) is 57.9 Å². The first-order valence-electron chi connectivity index (χ1n) is 10.1. The van der Waals surface area contributed by atoms with E-state index in [4.69, 9.17) is 9.15 Å². The summed E-state index contributed by atoms with van der Waals surface area (Å²) >= 11 is 1.75. The minimum atomic E-state index is 0.248. The molecule has 0 N–H and O–H groups in total. The molecule has 6 nitrogen and oxygen atoms in total. The third kappa shape index (κ3) is 5.29. The van der Waals surface area contributed by atoms with E-state index in [0.717, 1.165) is 55.0 Å². The van der Waals surface area contributed by atoms with Gasteiger partial charge in [-0.1, -0.05) is 36.0 Å². The van der Waals surface area contributed by atoms with Gasteiger partial charge < -0.3 is 13.7 Å². The van der Waals surface area contributed by atoms with Crippen LogP contribution in [0.25, 0.3) is 0 Å². The van der Waals surface area contributed by atoms with E-state index in [0.29, 0.717) is 6.54 Å². The number of aromatic nitrogens is 3. The average molecular weight is 413 g/mol. The van der Waals surface area contributed by atoms with Crippen molar-refractivity contribution in [2.75, 3.05) is 13.7 Å². The Morgan fingerprint density at radius 1 is 1.17 bits per heavy atom. The molecular weight excluding hydrogens is 384 g/mol. The van der Waals surface area contributed by atoms with Gasteiger partial charge in [0.2, 0.25) is 0 Å². The van der Waals surface area contributed by atoms with Crippen LogP contribution in [0.4, 0.5) is 0 Å². The third-order valence-electron chi connectivity index (χ3n) is 5.24. The summed E-state index contributed by atoms with van der Waals surface area (Å²) in [6.45, 7) is 5.28. The van der Waals surface area contributed by atoms with Gasteiger partial charge in [-0.25, -0.2) is 0 Å². The molecule has 2 aromatic heterocycles. The van der Waals surface area contributed by atoms with Gasteiger partial charge >= 0.3 is 0 Å². The lowest BCUT2D eigenvalue weighted by atomic mass is 10.1. The van der Waals surface area contributed by atoms with Crippen LogP contribution in [-0.2, 0) is 30.1 Å². The summed E-state index contributed by atoms with van der Waals surface area (Å²) < 4.78 is 13.6. The molecule has 3 aromatic rings. The maximum Gasteiger partial charge on any atom is 0.191 e. The normalized spacial score (nSPS) is 16.7. The highest BCUT2D eigenvalue weighted by atomic mass is 32.2. The minimum absolute atomic E-state index is 0.248. The predicted octanol–water partition coefficient (Wildman–Crippen LogP) is 4.28. The smallest absolute Gasteiger partial charge is 0.191 e. The first-order valence-corrected chi connectivity index (χ1v) is 11.1. The summed E-state index contributed by atoms with van der Waals surface area (Å²) in [7, 11) is 2.08. The molecule has 7 heteroatoms. The van der Waals surface area contributed by atoms with Crippen molar-refractivity contribution in [2.24, 2.45) is 0 Å². The van der Waals surface area contributed by atoms with E-state index in [1.807, 2.05) is 12.1 Å². The Labute approximate surface area is 176 Å². The molecule has 1 aliphatic rings. The van der Waals surface area contributed by atoms with Crippen molar-refractivity contribution in [3.63, 3.8) is 0 Å². The summed E-state index contributed by atoms with van der Waals surface area (Å²) in [5, 5.41) is 10.0. The number of hydrogen-bond acceptors (Lipinski definition) is 6. The molecule has 0 spiro atoms. The summed E-state index contributed by atoms with van der Waals surface area (Å²) in [6, 6.07) is 12.4. The Bertz CT molecular complexity index is 903. The SMILES string of the molecule is Cc1ccccc1CSc1nnc(CN(C)Cc2ccco2)n1CC1CCCO1. The van der Waals surface area contributed by atoms with Crippen LogP contribution in [0.3, 0.4) is 0 Å². The predicted molar refractivity (Wildman–Crippen MR) is 114 cm³/mol. The van der Waals surface area contributed by atoms with Gasteiger partial charge in [0, 0.05) is 12.4 Å². The summed E-state index contributed by atoms with van der Waals surface area (Å²) in [5.41, 5.74) is 2.64. The van der Waals surface area contributed by atoms with Crippen molar-refractivity contribution >= 4 is 11.8 Å². The highest BCUT2D eigenvalue weighted by molar-refractivity contribution is 7.98. The third-order valence-corrected chi connectivity index (χ3v) is 6.25. The molecule has 1 aromatic carbocycles. The lowest BCUT2D eigenvalue weighted by molar-refractivity contribution is 0.0933. The lowest BCUT2D eigenvalue weighted by Crippen LogP contribution is -2.23. The van der Waals surface area contributed by atoms with Crippen molar-refractivity contribution < 1.29 is 9.15 Å². The Morgan fingerprint density at radius 3 is 2.83 bits per heavy atom. The van der Waals surface area contributed by atoms with E-state index in [1.165, 1.54) is 11.1 Å². The number of benzene rings is 1. The van der Waals surface area contributed by atoms with Crippen molar-refractivity contribution in [2.45, 2.75) is 56.4 Å². The fourth-order valence-electron chi connectivity index (χ4n) is 3.60. The van der Waals surface area contributed by atoms with E-state index >= 15 is 0 Å². The zero-order valence-corrected chi connectivity index (χ0v) is 17.9. The average Bonchev–Trinajstić information content (AvgIpc) is 3.46. The molecule has 1 saturated heterocycles. The topological polar surface area (TPSA) is 56.3 Å². The van der Waals surface area contributed by atoms with E-state index in [9.17, 15) is 0 Å². The largest absolute Gasteiger partial charge is 0.468 e. The van der Waals surface area contributed by atoms with Gasteiger partial charge in [-0.15, -0.1) is 10.2 Å². The maximum atomic E-state index is 5.89. The maximum absolute atomic E-state index is 5.89. The second-order valence-electron chi connectivity index (χ2n) is 7.61. The van der Waals surface area contributed by atoms with Crippen molar-refractivity contribution in [1.82, 2.24) is 19.7 Å². The quantitative estimate of drug-likeness (QED) is 0.489. The van der Waals surface area contributed by atoms with Gasteiger partial charge in [0.05, 0.1) is 32.0 Å². The molecule has 0 bridgehead atoms. The lowest BCUT2D eigenvalue weighted by Gasteiger charge is -2.18. The molecule has 1 atom stereocenters. The standard InChI is InChI=1S/C22H28N4O2S/c1-17-7-3-4-8-18(17)16-29-22-24-23-21(26(22)14-20-10-6-12-28-20)15-25(2)13-19-9-5-11-27-19/h3-5,7-9,11,20H,6,10,12-16H2,1-2H3. The van der Waals surface area contributed by atoms with Crippen molar-refractivity contribution in [3.05, 3.63) is 65.4 Å². The molecular formula is C22H28N4O2S. The van der Waals surface area contributed by atoms with Crippen LogP contribution >= 0.6 is 11.8 Å². The van der Waals surface area contributed by atoms with Crippen molar-refractivity contribution in [3.8, 4) is 0 Å². The summed E-state index contributed by atoms with van der Waals surface area (Å²) in [4.78, 5) is 2.20. The molecule has 29 heavy (non-hydrogen) atoms. The van der Waals surface area contributed by atoms with Crippen LogP contribution in [0.1, 0.15) is 35.6 Å². The van der Waals surface area contributed by atoms with Crippen LogP contribution in [0.15, 0.2) is 52.2 Å². The molecule has 0 amide bonds. The van der Waals surface area contributed by atoms with Gasteiger partial charge in [-0.3, -0.25) is 4.90 Å². The molecule has 4 rings (SSSR count). The fraction of sp³-hybridized carbons (Fsp3) is 0.455. The molecule has 3 heterocycles. The van der Waals surface area contributed by atoms with Crippen LogP contribution in [-0.4, -0.2) is 39.4 Å². The van der Waals surface area contributed by atoms with Gasteiger partial charge in [0.1, 0.15) is 11.6 Å². The number of thioether (sulfide) groups is 1. The first kappa shape index (κ1) is 20.2. The number of ether oxygens (including phenoxy) is 1. The second-order valence-corrected chi connectivity index (χ2v) is 8.55. The van der Waals surface area contributed by atoms with Gasteiger partial charge in [-0.05, 0) is 50.1 Å². The monoisotopic (exact) mass is 412 g/mol. The van der Waals surface area contributed by atoms with E-state index in [1.54, 1.807) is 18.0 Å². The molecule has 154 valence electrons. The number of furan rings is 1. The Balaban J connectivity index is 1.48. The van der Waals surface area contributed by atoms with Gasteiger partial charge in [-0.2, -0.15) is 0 Å². The highest BCUT2D eigenvalue weighted by Gasteiger charge is 2.22. The number of aryl methyl sites for hydroxylation is 1. The van der Waals surface area contributed by atoms with E-state index < -0.39 is 0 Å². The first-order chi connectivity index (χ1) is 14.2. The zero-order valence-electron chi connectivity index (χ0n) is 17.1. The second kappa shape index (κ2) is 9.61. The van der Waals surface area contributed by atoms with Crippen LogP contribution < -0.4 is 0 Å². The van der Waals surface area contributed by atoms with Crippen LogP contribution in [0.5, 0.6) is 0 Å². The molecule has 0 radical (unpaired) electrons. The Morgan fingerprint density at radius 2 is 2.07 bits per heavy atom. The number of hydrogen-bond donors (Lipinski definition) is 0. The molecule has 0 saturated carbocycles. The molecule has 1 aliphatic heterocycles. The molecule has 0 aliphatic carbocycles. The molecule has 1 fully saturated rings. The molecule has 1 unspecified atom stereocenters. The Hall–Kier alpha value is -2.09. The van der Waals surface area contributed by atoms with Gasteiger partial charge in [0.15, 0.2) is 5.16 Å². The zero-order chi connectivity index (χ0) is 20.1. The van der Waals surface area contributed by atoms with E-state index in [-0.39, 0.29) is 6.10 Å². The van der Waals surface area contributed by atoms with Gasteiger partial charge in [0.25, 0.3) is 0 Å². The number of nitrogens with zero attached hydrogens (tertiary/aromatic N) is 4. The van der Waals surface area contributed by atoms with Crippen molar-refractivity contribution in [1.29, 1.82) is 0 Å². The highest BCUT2D eigenvalue weighted by Crippen LogP contribution is 2.26. The van der Waals surface area contributed by atoms with Crippen LogP contribution in [0.2, 0.25) is 0 Å². The van der Waals surface area contributed by atoms with Crippen LogP contribution in [0, 0.1) is 6.92 Å². The Kier molecular flexibility index (Phi) is 6.69. The summed E-state index contributed by atoms with van der Waals surface area (Å²) in [6.07, 6.45) is 4.19. The minimum Gasteiger partial charge on any atom is -0.468 e. The number of rotatable bonds is 9. The fourth-order valence-corrected chi connectivity index (χ4v) is 4.64. The summed E-state index contributed by atoms with van der Waals surface area (Å²) in [5.74, 6) is 2.81.